The van der Waals surface area contributed by atoms with Crippen LogP contribution in [0.2, 0.25) is 0 Å². The topological polar surface area (TPSA) is 72.8 Å². The summed E-state index contributed by atoms with van der Waals surface area (Å²) in [5.74, 6) is -0.665. The number of esters is 2. The van der Waals surface area contributed by atoms with Gasteiger partial charge in [0.1, 0.15) is 19.3 Å². The molecule has 256 valence electrons. The van der Waals surface area contributed by atoms with Crippen LogP contribution in [0.25, 0.3) is 0 Å². The van der Waals surface area contributed by atoms with E-state index in [1.807, 2.05) is 12.2 Å². The van der Waals surface area contributed by atoms with Crippen LogP contribution in [0.5, 0.6) is 0 Å². The zero-order valence-corrected chi connectivity index (χ0v) is 28.8. The molecule has 45 heavy (non-hydrogen) atoms. The molecule has 0 unspecified atom stereocenters. The van der Waals surface area contributed by atoms with Crippen LogP contribution < -0.4 is 0 Å². The van der Waals surface area contributed by atoms with Crippen molar-refractivity contribution in [3.63, 3.8) is 0 Å². The molecule has 0 aliphatic carbocycles. The summed E-state index contributed by atoms with van der Waals surface area (Å²) in [5, 5.41) is 9.97. The fourth-order valence-corrected chi connectivity index (χ4v) is 4.52. The van der Waals surface area contributed by atoms with E-state index in [0.717, 1.165) is 57.8 Å². The minimum Gasteiger partial charge on any atom is -0.463 e. The average Bonchev–Trinajstić information content (AvgIpc) is 3.04. The Labute approximate surface area is 276 Å². The molecule has 5 heteroatoms. The van der Waals surface area contributed by atoms with Crippen molar-refractivity contribution < 1.29 is 24.2 Å². The Morgan fingerprint density at radius 1 is 0.489 bits per heavy atom. The Kier molecular flexibility index (Phi) is 33.7. The molecule has 0 spiro atoms. The Balaban J connectivity index is 3.61. The highest BCUT2D eigenvalue weighted by Gasteiger charge is 2.11. The number of allylic oxidation sites excluding steroid dienone is 12. The van der Waals surface area contributed by atoms with Crippen molar-refractivity contribution in [1.29, 1.82) is 0 Å². The van der Waals surface area contributed by atoms with E-state index in [0.29, 0.717) is 12.8 Å². The fourth-order valence-electron chi connectivity index (χ4n) is 4.52. The lowest BCUT2D eigenvalue weighted by molar-refractivity contribution is -0.152. The summed E-state index contributed by atoms with van der Waals surface area (Å²) in [5.41, 5.74) is 0. The van der Waals surface area contributed by atoms with Crippen LogP contribution in [0, 0.1) is 0 Å². The number of aliphatic hydroxyl groups excluding tert-OH is 1. The number of unbranched alkanes of at least 4 members (excludes halogenated alkanes) is 11. The maximum absolute atomic E-state index is 11.9. The average molecular weight is 627 g/mol. The molecular formula is C40H66O5. The van der Waals surface area contributed by atoms with Gasteiger partial charge < -0.3 is 14.6 Å². The van der Waals surface area contributed by atoms with Crippen molar-refractivity contribution >= 4 is 11.9 Å². The third-order valence-electron chi connectivity index (χ3n) is 7.22. The normalized spacial score (nSPS) is 13.0. The molecule has 0 bridgehead atoms. The molecule has 5 nitrogen and oxygen atoms in total. The van der Waals surface area contributed by atoms with Crippen LogP contribution in [0.3, 0.4) is 0 Å². The van der Waals surface area contributed by atoms with Crippen molar-refractivity contribution in [1.82, 2.24) is 0 Å². The molecule has 0 radical (unpaired) electrons. The first-order chi connectivity index (χ1) is 22.1. The van der Waals surface area contributed by atoms with Gasteiger partial charge in [0.25, 0.3) is 0 Å². The maximum Gasteiger partial charge on any atom is 0.306 e. The van der Waals surface area contributed by atoms with Gasteiger partial charge in [-0.3, -0.25) is 9.59 Å². The zero-order chi connectivity index (χ0) is 32.9. The summed E-state index contributed by atoms with van der Waals surface area (Å²) in [7, 11) is 0. The molecule has 0 heterocycles. The van der Waals surface area contributed by atoms with Gasteiger partial charge in [-0.15, -0.1) is 0 Å². The molecule has 0 aromatic rings. The lowest BCUT2D eigenvalue weighted by atomic mass is 10.0. The van der Waals surface area contributed by atoms with Crippen molar-refractivity contribution in [3.8, 4) is 0 Å². The molecule has 0 aromatic carbocycles. The van der Waals surface area contributed by atoms with Gasteiger partial charge in [-0.1, -0.05) is 157 Å². The number of carbonyl (C=O) groups is 2. The standard InChI is InChI=1S/C40H66O5/c1-3-5-7-9-11-13-15-17-18-19-20-21-22-23-25-27-29-31-33-35-40(43)45-37-38(41)36-44-39(42)34-32-30-28-26-24-16-14-12-10-8-6-4-2/h5,7,11,13,17-18,20-21,23,25,29,31,38,41H,3-4,6,8-10,12,14-16,19,22,24,26-28,30,32-37H2,1-2H3/b7-5-,13-11-,18-17-,21-20-,25-23-,31-29-/t38-/m1/s1. The van der Waals surface area contributed by atoms with Crippen LogP contribution in [0.1, 0.15) is 149 Å². The van der Waals surface area contributed by atoms with E-state index in [-0.39, 0.29) is 31.6 Å². The van der Waals surface area contributed by atoms with Gasteiger partial charge in [0, 0.05) is 12.8 Å². The van der Waals surface area contributed by atoms with Gasteiger partial charge in [-0.2, -0.15) is 0 Å². The van der Waals surface area contributed by atoms with E-state index < -0.39 is 6.10 Å². The van der Waals surface area contributed by atoms with Gasteiger partial charge in [0.05, 0.1) is 0 Å². The molecule has 0 rings (SSSR count). The Morgan fingerprint density at radius 3 is 1.27 bits per heavy atom. The molecule has 1 atom stereocenters. The molecular weight excluding hydrogens is 560 g/mol. The number of rotatable bonds is 31. The van der Waals surface area contributed by atoms with Crippen molar-refractivity contribution in [3.05, 3.63) is 72.9 Å². The number of aliphatic hydroxyl groups is 1. The molecule has 0 fully saturated rings. The third-order valence-corrected chi connectivity index (χ3v) is 7.22. The highest BCUT2D eigenvalue weighted by Crippen LogP contribution is 2.12. The van der Waals surface area contributed by atoms with Crippen LogP contribution >= 0.6 is 0 Å². The van der Waals surface area contributed by atoms with E-state index in [2.05, 4.69) is 74.6 Å². The summed E-state index contributed by atoms with van der Waals surface area (Å²) in [6, 6.07) is 0. The summed E-state index contributed by atoms with van der Waals surface area (Å²) >= 11 is 0. The summed E-state index contributed by atoms with van der Waals surface area (Å²) in [4.78, 5) is 23.8. The smallest absolute Gasteiger partial charge is 0.306 e. The van der Waals surface area contributed by atoms with Gasteiger partial charge in [0.15, 0.2) is 0 Å². The van der Waals surface area contributed by atoms with Crippen molar-refractivity contribution in [2.45, 2.75) is 155 Å². The first-order valence-corrected chi connectivity index (χ1v) is 18.0. The molecule has 0 saturated heterocycles. The van der Waals surface area contributed by atoms with E-state index in [1.54, 1.807) is 0 Å². The van der Waals surface area contributed by atoms with Gasteiger partial charge >= 0.3 is 11.9 Å². The molecule has 0 aliphatic heterocycles. The van der Waals surface area contributed by atoms with Crippen LogP contribution in [-0.2, 0) is 19.1 Å². The monoisotopic (exact) mass is 626 g/mol. The summed E-state index contributed by atoms with van der Waals surface area (Å²) in [6.07, 6.45) is 46.7. The number of ether oxygens (including phenoxy) is 2. The number of hydrogen-bond acceptors (Lipinski definition) is 5. The third kappa shape index (κ3) is 35.7. The lowest BCUT2D eigenvalue weighted by Crippen LogP contribution is -2.25. The molecule has 0 saturated carbocycles. The minimum absolute atomic E-state index is 0.141. The second kappa shape index (κ2) is 35.8. The Bertz CT molecular complexity index is 849. The van der Waals surface area contributed by atoms with Crippen LogP contribution in [0.15, 0.2) is 72.9 Å². The van der Waals surface area contributed by atoms with Gasteiger partial charge in [-0.05, 0) is 51.4 Å². The van der Waals surface area contributed by atoms with E-state index >= 15 is 0 Å². The zero-order valence-electron chi connectivity index (χ0n) is 28.8. The minimum atomic E-state index is -0.995. The predicted octanol–water partition coefficient (Wildman–Crippen LogP) is 11.0. The molecule has 0 aliphatic rings. The number of hydrogen-bond donors (Lipinski definition) is 1. The second-order valence-corrected chi connectivity index (χ2v) is 11.6. The lowest BCUT2D eigenvalue weighted by Gasteiger charge is -2.12. The van der Waals surface area contributed by atoms with E-state index in [1.165, 1.54) is 57.8 Å². The largest absolute Gasteiger partial charge is 0.463 e. The first-order valence-electron chi connectivity index (χ1n) is 18.0. The highest BCUT2D eigenvalue weighted by atomic mass is 16.6. The maximum atomic E-state index is 11.9. The Morgan fingerprint density at radius 2 is 0.844 bits per heavy atom. The van der Waals surface area contributed by atoms with Crippen LogP contribution in [0.4, 0.5) is 0 Å². The van der Waals surface area contributed by atoms with E-state index in [9.17, 15) is 14.7 Å². The van der Waals surface area contributed by atoms with Crippen LogP contribution in [-0.4, -0.2) is 36.4 Å². The Hall–Kier alpha value is -2.66. The second-order valence-electron chi connectivity index (χ2n) is 11.6. The van der Waals surface area contributed by atoms with Crippen molar-refractivity contribution in [2.75, 3.05) is 13.2 Å². The van der Waals surface area contributed by atoms with Gasteiger partial charge in [0.2, 0.25) is 0 Å². The quantitative estimate of drug-likeness (QED) is 0.0471. The fraction of sp³-hybridized carbons (Fsp3) is 0.650. The molecule has 0 aromatic heterocycles. The first kappa shape index (κ1) is 42.3. The predicted molar refractivity (Wildman–Crippen MR) is 191 cm³/mol. The molecule has 1 N–H and O–H groups in total. The van der Waals surface area contributed by atoms with Gasteiger partial charge in [-0.25, -0.2) is 0 Å². The summed E-state index contributed by atoms with van der Waals surface area (Å²) < 4.78 is 10.2. The van der Waals surface area contributed by atoms with Crippen molar-refractivity contribution in [2.24, 2.45) is 0 Å². The molecule has 0 amide bonds. The van der Waals surface area contributed by atoms with E-state index in [4.69, 9.17) is 9.47 Å². The SMILES string of the molecule is CC/C=C\C/C=C\C/C=C\C/C=C\C/C=C\C/C=C\CCC(=O)OC[C@H](O)COC(=O)CCCCCCCCCCCCCC. The number of carbonyl (C=O) groups excluding carboxylic acids is 2. The highest BCUT2D eigenvalue weighted by molar-refractivity contribution is 5.70. The summed E-state index contributed by atoms with van der Waals surface area (Å²) in [6.45, 7) is 4.10.